The molecular weight excluding hydrogens is 407 g/mol. The molecule has 2 aromatic carbocycles. The van der Waals surface area contributed by atoms with Crippen LogP contribution < -0.4 is 10.6 Å². The van der Waals surface area contributed by atoms with Crippen LogP contribution in [0.15, 0.2) is 73.5 Å². The molecule has 2 heterocycles. The van der Waals surface area contributed by atoms with Gasteiger partial charge >= 0.3 is 0 Å². The number of amides is 1. The van der Waals surface area contributed by atoms with Gasteiger partial charge in [-0.25, -0.2) is 23.1 Å². The minimum absolute atomic E-state index is 0.254. The lowest BCUT2D eigenvalue weighted by Crippen LogP contribution is -2.12. The van der Waals surface area contributed by atoms with Crippen molar-refractivity contribution in [1.82, 2.24) is 15.0 Å². The Bertz CT molecular complexity index is 1330. The largest absolute Gasteiger partial charge is 0.340 e. The predicted octanol–water partition coefficient (Wildman–Crippen LogP) is 5.14. The lowest BCUT2D eigenvalue weighted by molar-refractivity contribution is -0.114. The zero-order valence-electron chi connectivity index (χ0n) is 15.9. The van der Waals surface area contributed by atoms with E-state index in [1.807, 2.05) is 0 Å². The molecule has 0 bridgehead atoms. The Morgan fingerprint density at radius 1 is 0.968 bits per heavy atom. The molecule has 4 aromatic rings. The number of carbonyl (C=O) groups excluding carboxylic acids is 1. The van der Waals surface area contributed by atoms with Crippen LogP contribution in [-0.2, 0) is 4.79 Å². The van der Waals surface area contributed by atoms with Gasteiger partial charge in [0, 0.05) is 28.9 Å². The number of halogens is 3. The number of nitrogens with zero attached hydrogens (tertiary/aromatic N) is 3. The Morgan fingerprint density at radius 2 is 1.77 bits per heavy atom. The molecule has 1 amide bonds. The van der Waals surface area contributed by atoms with Crippen LogP contribution in [0, 0.1) is 11.6 Å². The summed E-state index contributed by atoms with van der Waals surface area (Å²) in [5.41, 5.74) is 1.28. The van der Waals surface area contributed by atoms with Gasteiger partial charge in [0.05, 0.1) is 16.9 Å². The normalized spacial score (nSPS) is 10.7. The molecule has 0 aliphatic rings. The Labute approximate surface area is 174 Å². The van der Waals surface area contributed by atoms with E-state index in [1.54, 1.807) is 30.3 Å². The van der Waals surface area contributed by atoms with Crippen molar-refractivity contribution in [3.63, 3.8) is 0 Å². The van der Waals surface area contributed by atoms with Crippen LogP contribution in [0.4, 0.5) is 30.4 Å². The van der Waals surface area contributed by atoms with E-state index in [1.165, 1.54) is 24.7 Å². The van der Waals surface area contributed by atoms with Crippen molar-refractivity contribution in [3.05, 3.63) is 85.1 Å². The second-order valence-electron chi connectivity index (χ2n) is 6.47. The van der Waals surface area contributed by atoms with Gasteiger partial charge in [0.15, 0.2) is 5.83 Å². The Hall–Kier alpha value is -4.27. The number of hydrogen-bond acceptors (Lipinski definition) is 5. The lowest BCUT2D eigenvalue weighted by atomic mass is 10.1. The van der Waals surface area contributed by atoms with E-state index < -0.39 is 23.4 Å². The maximum absolute atomic E-state index is 14.3. The minimum atomic E-state index is -1.25. The fourth-order valence-corrected chi connectivity index (χ4v) is 2.92. The highest BCUT2D eigenvalue weighted by atomic mass is 19.1. The van der Waals surface area contributed by atoms with E-state index in [9.17, 15) is 18.0 Å². The van der Waals surface area contributed by atoms with Crippen LogP contribution >= 0.6 is 0 Å². The second-order valence-corrected chi connectivity index (χ2v) is 6.47. The number of hydrogen-bond donors (Lipinski definition) is 2. The van der Waals surface area contributed by atoms with Crippen LogP contribution in [0.3, 0.4) is 0 Å². The fraction of sp³-hybridized carbons (Fsp3) is 0. The first-order valence-corrected chi connectivity index (χ1v) is 9.00. The number of nitrogens with one attached hydrogen (secondary N) is 2. The van der Waals surface area contributed by atoms with Crippen LogP contribution in [-0.4, -0.2) is 20.9 Å². The first-order valence-electron chi connectivity index (χ1n) is 9.00. The smallest absolute Gasteiger partial charge is 0.283 e. The van der Waals surface area contributed by atoms with Crippen molar-refractivity contribution >= 4 is 34.0 Å². The Balaban J connectivity index is 1.72. The van der Waals surface area contributed by atoms with Crippen molar-refractivity contribution < 1.29 is 18.0 Å². The summed E-state index contributed by atoms with van der Waals surface area (Å²) in [5, 5.41) is 5.53. The van der Waals surface area contributed by atoms with E-state index in [4.69, 9.17) is 0 Å². The van der Waals surface area contributed by atoms with Gasteiger partial charge in [0.25, 0.3) is 5.91 Å². The fourth-order valence-electron chi connectivity index (χ4n) is 2.92. The Kier molecular flexibility index (Phi) is 5.31. The Morgan fingerprint density at radius 3 is 2.55 bits per heavy atom. The van der Waals surface area contributed by atoms with Crippen molar-refractivity contribution in [3.8, 4) is 11.3 Å². The monoisotopic (exact) mass is 421 g/mol. The zero-order valence-corrected chi connectivity index (χ0v) is 15.9. The highest BCUT2D eigenvalue weighted by Gasteiger charge is 2.14. The third-order valence-corrected chi connectivity index (χ3v) is 4.39. The van der Waals surface area contributed by atoms with Gasteiger partial charge in [0.2, 0.25) is 0 Å². The van der Waals surface area contributed by atoms with E-state index in [0.29, 0.717) is 28.1 Å². The summed E-state index contributed by atoms with van der Waals surface area (Å²) in [7, 11) is 0. The molecule has 0 saturated heterocycles. The van der Waals surface area contributed by atoms with E-state index in [0.717, 1.165) is 6.07 Å². The average Bonchev–Trinajstić information content (AvgIpc) is 2.75. The summed E-state index contributed by atoms with van der Waals surface area (Å²) in [6.07, 6.45) is 2.75. The van der Waals surface area contributed by atoms with Gasteiger partial charge < -0.3 is 10.6 Å². The van der Waals surface area contributed by atoms with Gasteiger partial charge in [0.1, 0.15) is 23.8 Å². The topological polar surface area (TPSA) is 79.8 Å². The van der Waals surface area contributed by atoms with E-state index >= 15 is 0 Å². The third kappa shape index (κ3) is 4.20. The number of aromatic nitrogens is 3. The second kappa shape index (κ2) is 8.23. The number of pyridine rings is 1. The highest BCUT2D eigenvalue weighted by Crippen LogP contribution is 2.29. The van der Waals surface area contributed by atoms with Crippen molar-refractivity contribution in [2.45, 2.75) is 0 Å². The van der Waals surface area contributed by atoms with Crippen LogP contribution in [0.5, 0.6) is 0 Å². The van der Waals surface area contributed by atoms with Crippen LogP contribution in [0.2, 0.25) is 0 Å². The third-order valence-electron chi connectivity index (χ3n) is 4.39. The molecule has 31 heavy (non-hydrogen) atoms. The van der Waals surface area contributed by atoms with Gasteiger partial charge in [-0.15, -0.1) is 0 Å². The maximum Gasteiger partial charge on any atom is 0.283 e. The maximum atomic E-state index is 14.3. The average molecular weight is 421 g/mol. The number of rotatable bonds is 5. The van der Waals surface area contributed by atoms with Crippen molar-refractivity contribution in [2.75, 3.05) is 10.6 Å². The molecule has 2 aromatic heterocycles. The number of benzene rings is 2. The molecule has 0 fully saturated rings. The predicted molar refractivity (Wildman–Crippen MR) is 111 cm³/mol. The van der Waals surface area contributed by atoms with Gasteiger partial charge in [-0.1, -0.05) is 18.7 Å². The molecule has 6 nitrogen and oxygen atoms in total. The van der Waals surface area contributed by atoms with Gasteiger partial charge in [-0.3, -0.25) is 9.78 Å². The molecule has 0 radical (unpaired) electrons. The van der Waals surface area contributed by atoms with Gasteiger partial charge in [-0.2, -0.15) is 0 Å². The summed E-state index contributed by atoms with van der Waals surface area (Å²) in [6, 6.07) is 11.9. The summed E-state index contributed by atoms with van der Waals surface area (Å²) in [4.78, 5) is 23.9. The molecule has 0 aliphatic heterocycles. The van der Waals surface area contributed by atoms with Crippen molar-refractivity contribution in [2.24, 2.45) is 0 Å². The quantitative estimate of drug-likeness (QED) is 0.437. The zero-order chi connectivity index (χ0) is 22.0. The summed E-state index contributed by atoms with van der Waals surface area (Å²) >= 11 is 0. The van der Waals surface area contributed by atoms with E-state index in [2.05, 4.69) is 32.2 Å². The van der Waals surface area contributed by atoms with Crippen LogP contribution in [0.25, 0.3) is 22.2 Å². The minimum Gasteiger partial charge on any atom is -0.340 e. The number of anilines is 3. The molecule has 0 unspecified atom stereocenters. The molecule has 0 spiro atoms. The first-order chi connectivity index (χ1) is 14.9. The van der Waals surface area contributed by atoms with Gasteiger partial charge in [-0.05, 0) is 30.3 Å². The number of fused-ring (bicyclic) bond motifs is 1. The SMILES string of the molecule is C=C(F)C(=O)Nc1cc2c(Nc3ccnc(-c4ccccc4F)c3)ncnc2cc1F. The summed E-state index contributed by atoms with van der Waals surface area (Å²) < 4.78 is 41.4. The molecular formula is C22H14F3N5O. The lowest BCUT2D eigenvalue weighted by Gasteiger charge is -2.12. The molecule has 154 valence electrons. The molecule has 0 atom stereocenters. The van der Waals surface area contributed by atoms with Crippen molar-refractivity contribution in [1.29, 1.82) is 0 Å². The summed E-state index contributed by atoms with van der Waals surface area (Å²) in [6.45, 7) is 2.89. The van der Waals surface area contributed by atoms with Crippen LogP contribution in [0.1, 0.15) is 0 Å². The standard InChI is InChI=1S/C22H14F3N5O/c1-12(23)22(31)30-20-9-15-19(10-17(20)25)27-11-28-21(15)29-13-6-7-26-18(8-13)14-4-2-3-5-16(14)24/h2-11H,1H2,(H,30,31)(H,26,27,28,29). The molecule has 0 saturated carbocycles. The molecule has 2 N–H and O–H groups in total. The summed E-state index contributed by atoms with van der Waals surface area (Å²) in [5.74, 6) is -3.32. The molecule has 0 aliphatic carbocycles. The first kappa shape index (κ1) is 20.0. The molecule has 4 rings (SSSR count). The molecule has 9 heteroatoms. The highest BCUT2D eigenvalue weighted by molar-refractivity contribution is 6.03. The number of carbonyl (C=O) groups is 1. The van der Waals surface area contributed by atoms with E-state index in [-0.39, 0.29) is 11.2 Å².